The number of hydrogen-bond donors (Lipinski definition) is 1. The van der Waals surface area contributed by atoms with Gasteiger partial charge in [0.2, 0.25) is 0 Å². The molecular weight excluding hydrogens is 374 g/mol. The van der Waals surface area contributed by atoms with Gasteiger partial charge in [-0.2, -0.15) is 22.7 Å². The van der Waals surface area contributed by atoms with E-state index in [1.807, 2.05) is 16.1 Å². The van der Waals surface area contributed by atoms with Crippen LogP contribution in [0.2, 0.25) is 0 Å². The zero-order chi connectivity index (χ0) is 14.2. The Morgan fingerprint density at radius 2 is 1.86 bits per heavy atom. The van der Waals surface area contributed by atoms with Crippen LogP contribution in [0.1, 0.15) is 25.2 Å². The number of thiazole rings is 3. The predicted octanol–water partition coefficient (Wildman–Crippen LogP) is 2.22. The van der Waals surface area contributed by atoms with Gasteiger partial charge in [0.25, 0.3) is 0 Å². The quantitative estimate of drug-likeness (QED) is 0.703. The minimum Gasteiger partial charge on any atom is -0.473 e. The smallest absolute Gasteiger partial charge is 0.473 e. The SMILES string of the molecule is CC(C)(c1csc(=N)[n-]1)c1cs/c(=N/c2nccs2)[n-]1.[Cu+2]. The molecule has 1 N–H and O–H groups in total. The molecule has 3 rings (SSSR count). The Kier molecular flexibility index (Phi) is 5.00. The molecule has 0 aliphatic carbocycles. The zero-order valence-corrected chi connectivity index (χ0v) is 14.5. The van der Waals surface area contributed by atoms with Crippen LogP contribution in [0.3, 0.4) is 0 Å². The second-order valence-electron chi connectivity index (χ2n) is 4.60. The Labute approximate surface area is 143 Å². The first-order valence-corrected chi connectivity index (χ1v) is 8.44. The van der Waals surface area contributed by atoms with E-state index >= 15 is 0 Å². The Morgan fingerprint density at radius 3 is 2.48 bits per heavy atom. The van der Waals surface area contributed by atoms with Crippen LogP contribution in [0, 0.1) is 5.41 Å². The van der Waals surface area contributed by atoms with E-state index in [9.17, 15) is 0 Å². The summed E-state index contributed by atoms with van der Waals surface area (Å²) in [6, 6.07) is 0. The summed E-state index contributed by atoms with van der Waals surface area (Å²) in [6.45, 7) is 4.12. The maximum Gasteiger partial charge on any atom is 2.00 e. The van der Waals surface area contributed by atoms with E-state index in [2.05, 4.69) is 33.8 Å². The van der Waals surface area contributed by atoms with Gasteiger partial charge < -0.3 is 20.4 Å². The molecule has 0 fully saturated rings. The predicted molar refractivity (Wildman–Crippen MR) is 80.6 cm³/mol. The van der Waals surface area contributed by atoms with Crippen molar-refractivity contribution in [1.82, 2.24) is 15.0 Å². The van der Waals surface area contributed by atoms with Crippen LogP contribution in [-0.2, 0) is 22.5 Å². The number of nitrogens with zero attached hydrogens (tertiary/aromatic N) is 4. The average molecular weight is 385 g/mol. The summed E-state index contributed by atoms with van der Waals surface area (Å²) in [5, 5.41) is 14.1. The Balaban J connectivity index is 0.00000161. The largest absolute Gasteiger partial charge is 2.00 e. The number of rotatable bonds is 3. The van der Waals surface area contributed by atoms with Crippen LogP contribution in [0.15, 0.2) is 27.3 Å². The van der Waals surface area contributed by atoms with Gasteiger partial charge >= 0.3 is 17.1 Å². The fourth-order valence-corrected chi connectivity index (χ4v) is 3.79. The van der Waals surface area contributed by atoms with E-state index in [1.54, 1.807) is 6.20 Å². The van der Waals surface area contributed by atoms with Crippen LogP contribution < -0.4 is 19.6 Å². The summed E-state index contributed by atoms with van der Waals surface area (Å²) >= 11 is 4.32. The first kappa shape index (κ1) is 16.4. The number of nitrogens with one attached hydrogen (secondary N) is 1. The summed E-state index contributed by atoms with van der Waals surface area (Å²) in [5.74, 6) is 0. The summed E-state index contributed by atoms with van der Waals surface area (Å²) in [4.78, 5) is 18.4. The maximum atomic E-state index is 7.56. The summed E-state index contributed by atoms with van der Waals surface area (Å²) < 4.78 is 0. The first-order valence-electron chi connectivity index (χ1n) is 5.80. The van der Waals surface area contributed by atoms with Crippen molar-refractivity contribution in [1.29, 1.82) is 5.41 Å². The maximum absolute atomic E-state index is 7.56. The molecule has 0 spiro atoms. The van der Waals surface area contributed by atoms with E-state index in [0.717, 1.165) is 11.4 Å². The van der Waals surface area contributed by atoms with E-state index in [0.29, 0.717) is 14.7 Å². The van der Waals surface area contributed by atoms with Crippen LogP contribution >= 0.6 is 34.0 Å². The van der Waals surface area contributed by atoms with Crippen molar-refractivity contribution in [2.45, 2.75) is 19.3 Å². The minimum atomic E-state index is -0.317. The molecule has 0 saturated carbocycles. The summed E-state index contributed by atoms with van der Waals surface area (Å²) in [7, 11) is 0. The second-order valence-corrected chi connectivity index (χ2v) is 7.17. The minimum absolute atomic E-state index is 0. The third kappa shape index (κ3) is 3.44. The summed E-state index contributed by atoms with van der Waals surface area (Å²) in [6.07, 6.45) is 1.73. The van der Waals surface area contributed by atoms with Gasteiger partial charge in [-0.1, -0.05) is 13.8 Å². The van der Waals surface area contributed by atoms with E-state index in [4.69, 9.17) is 5.41 Å². The normalized spacial score (nSPS) is 12.4. The van der Waals surface area contributed by atoms with Gasteiger partial charge in [0.05, 0.1) is 0 Å². The first-order chi connectivity index (χ1) is 9.55. The average Bonchev–Trinajstić information content (AvgIpc) is 3.10. The molecule has 0 bridgehead atoms. The number of hydrogen-bond acceptors (Lipinski definition) is 6. The molecule has 0 unspecified atom stereocenters. The second kappa shape index (κ2) is 6.41. The van der Waals surface area contributed by atoms with Gasteiger partial charge in [-0.25, -0.2) is 4.98 Å². The molecule has 113 valence electrons. The van der Waals surface area contributed by atoms with Crippen molar-refractivity contribution in [3.05, 3.63) is 43.3 Å². The van der Waals surface area contributed by atoms with E-state index in [-0.39, 0.29) is 22.5 Å². The monoisotopic (exact) mass is 384 g/mol. The Hall–Kier alpha value is -0.991. The van der Waals surface area contributed by atoms with Gasteiger partial charge in [-0.15, -0.1) is 11.3 Å². The van der Waals surface area contributed by atoms with Gasteiger partial charge in [0, 0.05) is 21.8 Å². The molecule has 3 heterocycles. The molecule has 0 amide bonds. The van der Waals surface area contributed by atoms with Crippen molar-refractivity contribution in [2.75, 3.05) is 0 Å². The van der Waals surface area contributed by atoms with Gasteiger partial charge in [0.1, 0.15) is 5.13 Å². The molecule has 3 aromatic rings. The molecule has 9 heteroatoms. The standard InChI is InChI=1S/C12H11N5S3.Cu/c1-12(2,7-5-19-9(13)15-7)8-6-20-11(16-8)17-10-14-3-4-18-10;/h3-6H,1-2H3,(H-2,13,14,15,16,17);/q-2;+2. The van der Waals surface area contributed by atoms with Crippen LogP contribution in [0.25, 0.3) is 0 Å². The summed E-state index contributed by atoms with van der Waals surface area (Å²) in [5.41, 5.74) is 1.48. The molecule has 21 heavy (non-hydrogen) atoms. The van der Waals surface area contributed by atoms with Crippen molar-refractivity contribution in [3.63, 3.8) is 0 Å². The van der Waals surface area contributed by atoms with Crippen molar-refractivity contribution in [2.24, 2.45) is 4.99 Å². The third-order valence-electron chi connectivity index (χ3n) is 2.89. The van der Waals surface area contributed by atoms with Gasteiger partial charge in [0.15, 0.2) is 0 Å². The van der Waals surface area contributed by atoms with Crippen LogP contribution in [0.4, 0.5) is 5.13 Å². The van der Waals surface area contributed by atoms with Crippen molar-refractivity contribution in [3.8, 4) is 0 Å². The molecule has 0 saturated heterocycles. The van der Waals surface area contributed by atoms with Gasteiger partial charge in [-0.3, -0.25) is 0 Å². The molecule has 0 aliphatic heterocycles. The van der Waals surface area contributed by atoms with Crippen molar-refractivity contribution >= 4 is 39.1 Å². The molecule has 0 atom stereocenters. The fraction of sp³-hybridized carbons (Fsp3) is 0.250. The fourth-order valence-electron chi connectivity index (χ4n) is 1.65. The van der Waals surface area contributed by atoms with Crippen LogP contribution in [-0.4, -0.2) is 4.98 Å². The van der Waals surface area contributed by atoms with Gasteiger partial charge in [-0.05, 0) is 26.9 Å². The molecule has 0 aromatic carbocycles. The third-order valence-corrected chi connectivity index (χ3v) is 4.94. The molecule has 3 aromatic heterocycles. The van der Waals surface area contributed by atoms with E-state index in [1.165, 1.54) is 34.0 Å². The Bertz CT molecular complexity index is 821. The van der Waals surface area contributed by atoms with Crippen LogP contribution in [0.5, 0.6) is 0 Å². The Morgan fingerprint density at radius 1 is 1.14 bits per heavy atom. The topological polar surface area (TPSA) is 77.3 Å². The molecule has 1 radical (unpaired) electrons. The zero-order valence-electron chi connectivity index (χ0n) is 11.1. The number of aromatic nitrogens is 3. The van der Waals surface area contributed by atoms with E-state index < -0.39 is 0 Å². The van der Waals surface area contributed by atoms with Crippen molar-refractivity contribution < 1.29 is 17.1 Å². The molecule has 0 aliphatic rings. The molecular formula is C12H11CuN5S3. The molecule has 5 nitrogen and oxygen atoms in total.